The zero-order valence-corrected chi connectivity index (χ0v) is 13.9. The SMILES string of the molecule is Cl.NC1CC(NC(=O)c2ccc3c(c2)OCCCO3)C12CCC2. The molecule has 0 bridgehead atoms. The number of halogens is 1. The van der Waals surface area contributed by atoms with E-state index >= 15 is 0 Å². The van der Waals surface area contributed by atoms with Crippen molar-refractivity contribution in [3.8, 4) is 11.5 Å². The molecule has 0 aromatic heterocycles. The van der Waals surface area contributed by atoms with Gasteiger partial charge in [0.25, 0.3) is 5.91 Å². The fraction of sp³-hybridized carbons (Fsp3) is 0.588. The van der Waals surface area contributed by atoms with E-state index in [-0.39, 0.29) is 35.8 Å². The van der Waals surface area contributed by atoms with Crippen molar-refractivity contribution in [2.45, 2.75) is 44.2 Å². The Bertz CT molecular complexity index is 604. The first-order valence-corrected chi connectivity index (χ1v) is 8.15. The van der Waals surface area contributed by atoms with Crippen LogP contribution in [0, 0.1) is 5.41 Å². The van der Waals surface area contributed by atoms with E-state index in [4.69, 9.17) is 15.2 Å². The number of amides is 1. The number of rotatable bonds is 2. The Morgan fingerprint density at radius 3 is 2.57 bits per heavy atom. The van der Waals surface area contributed by atoms with Crippen LogP contribution in [-0.2, 0) is 0 Å². The first kappa shape index (κ1) is 16.4. The minimum Gasteiger partial charge on any atom is -0.490 e. The van der Waals surface area contributed by atoms with Gasteiger partial charge in [-0.1, -0.05) is 6.42 Å². The highest BCUT2D eigenvalue weighted by Crippen LogP contribution is 2.55. The third-order valence-electron chi connectivity index (χ3n) is 5.52. The molecular formula is C17H23ClN2O3. The maximum absolute atomic E-state index is 12.5. The number of nitrogens with two attached hydrogens (primary N) is 1. The molecule has 23 heavy (non-hydrogen) atoms. The third kappa shape index (κ3) is 2.66. The maximum Gasteiger partial charge on any atom is 0.251 e. The van der Waals surface area contributed by atoms with Crippen molar-refractivity contribution in [3.63, 3.8) is 0 Å². The Balaban J connectivity index is 0.00000156. The summed E-state index contributed by atoms with van der Waals surface area (Å²) in [5.41, 5.74) is 6.94. The Hall–Kier alpha value is -1.46. The number of hydrogen-bond acceptors (Lipinski definition) is 4. The second kappa shape index (κ2) is 6.21. The van der Waals surface area contributed by atoms with Crippen molar-refractivity contribution >= 4 is 18.3 Å². The van der Waals surface area contributed by atoms with Crippen LogP contribution in [0.1, 0.15) is 42.5 Å². The molecule has 3 N–H and O–H groups in total. The minimum atomic E-state index is -0.0428. The summed E-state index contributed by atoms with van der Waals surface area (Å²) in [6.07, 6.45) is 5.25. The number of benzene rings is 1. The van der Waals surface area contributed by atoms with Gasteiger partial charge in [0.2, 0.25) is 0 Å². The number of nitrogens with one attached hydrogen (secondary N) is 1. The third-order valence-corrected chi connectivity index (χ3v) is 5.52. The van der Waals surface area contributed by atoms with Crippen LogP contribution >= 0.6 is 12.4 Å². The molecular weight excluding hydrogens is 316 g/mol. The van der Waals surface area contributed by atoms with Crippen molar-refractivity contribution in [1.29, 1.82) is 0 Å². The second-order valence-electron chi connectivity index (χ2n) is 6.67. The molecule has 2 unspecified atom stereocenters. The Labute approximate surface area is 142 Å². The number of fused-ring (bicyclic) bond motifs is 1. The van der Waals surface area contributed by atoms with Gasteiger partial charge >= 0.3 is 0 Å². The molecule has 4 rings (SSSR count). The summed E-state index contributed by atoms with van der Waals surface area (Å²) < 4.78 is 11.2. The van der Waals surface area contributed by atoms with Crippen molar-refractivity contribution in [3.05, 3.63) is 23.8 Å². The molecule has 2 aliphatic carbocycles. The van der Waals surface area contributed by atoms with Crippen LogP contribution in [0.3, 0.4) is 0 Å². The molecule has 1 amide bonds. The highest BCUT2D eigenvalue weighted by atomic mass is 35.5. The first-order chi connectivity index (χ1) is 10.7. The molecule has 1 spiro atoms. The highest BCUT2D eigenvalue weighted by Gasteiger charge is 2.57. The topological polar surface area (TPSA) is 73.6 Å². The van der Waals surface area contributed by atoms with Crippen molar-refractivity contribution < 1.29 is 14.3 Å². The van der Waals surface area contributed by atoms with E-state index in [0.717, 1.165) is 31.4 Å². The van der Waals surface area contributed by atoms with Crippen LogP contribution in [0.2, 0.25) is 0 Å². The molecule has 3 aliphatic rings. The van der Waals surface area contributed by atoms with E-state index in [1.807, 2.05) is 6.07 Å². The zero-order chi connectivity index (χ0) is 15.2. The number of ether oxygens (including phenoxy) is 2. The summed E-state index contributed by atoms with van der Waals surface area (Å²) in [6.45, 7) is 1.28. The fourth-order valence-electron chi connectivity index (χ4n) is 3.87. The van der Waals surface area contributed by atoms with Gasteiger partial charge in [0, 0.05) is 29.5 Å². The Morgan fingerprint density at radius 2 is 1.91 bits per heavy atom. The normalized spacial score (nSPS) is 27.0. The Morgan fingerprint density at radius 1 is 1.17 bits per heavy atom. The average Bonchev–Trinajstić information content (AvgIpc) is 2.69. The number of carbonyl (C=O) groups is 1. The molecule has 0 radical (unpaired) electrons. The molecule has 1 aliphatic heterocycles. The van der Waals surface area contributed by atoms with Crippen LogP contribution in [0.5, 0.6) is 11.5 Å². The van der Waals surface area contributed by atoms with Gasteiger partial charge in [0.1, 0.15) is 0 Å². The van der Waals surface area contributed by atoms with Crippen molar-refractivity contribution in [1.82, 2.24) is 5.32 Å². The van der Waals surface area contributed by atoms with Gasteiger partial charge in [-0.15, -0.1) is 12.4 Å². The summed E-state index contributed by atoms with van der Waals surface area (Å²) in [4.78, 5) is 12.5. The lowest BCUT2D eigenvalue weighted by Gasteiger charge is -2.60. The summed E-state index contributed by atoms with van der Waals surface area (Å²) in [5.74, 6) is 1.34. The predicted molar refractivity (Wildman–Crippen MR) is 89.4 cm³/mol. The maximum atomic E-state index is 12.5. The molecule has 6 heteroatoms. The van der Waals surface area contributed by atoms with Crippen molar-refractivity contribution in [2.75, 3.05) is 13.2 Å². The summed E-state index contributed by atoms with van der Waals surface area (Å²) in [6, 6.07) is 5.87. The van der Waals surface area contributed by atoms with E-state index in [2.05, 4.69) is 5.32 Å². The molecule has 1 aromatic rings. The number of hydrogen-bond donors (Lipinski definition) is 2. The molecule has 2 atom stereocenters. The van der Waals surface area contributed by atoms with E-state index < -0.39 is 0 Å². The van der Waals surface area contributed by atoms with E-state index in [1.165, 1.54) is 6.42 Å². The average molecular weight is 339 g/mol. The zero-order valence-electron chi connectivity index (χ0n) is 13.0. The molecule has 1 heterocycles. The quantitative estimate of drug-likeness (QED) is 0.867. The van der Waals surface area contributed by atoms with Crippen LogP contribution in [0.4, 0.5) is 0 Å². The standard InChI is InChI=1S/C17H22N2O3.ClH/c18-14-10-15(17(14)5-1-6-17)19-16(20)11-3-4-12-13(9-11)22-8-2-7-21-12;/h3-4,9,14-15H,1-2,5-8,10,18H2,(H,19,20);1H. The lowest BCUT2D eigenvalue weighted by atomic mass is 9.50. The fourth-order valence-corrected chi connectivity index (χ4v) is 3.87. The smallest absolute Gasteiger partial charge is 0.251 e. The monoisotopic (exact) mass is 338 g/mol. The summed E-state index contributed by atoms with van der Waals surface area (Å²) in [5, 5.41) is 3.16. The minimum absolute atomic E-state index is 0. The summed E-state index contributed by atoms with van der Waals surface area (Å²) >= 11 is 0. The van der Waals surface area contributed by atoms with E-state index in [9.17, 15) is 4.79 Å². The lowest BCUT2D eigenvalue weighted by Crippen LogP contribution is -2.69. The van der Waals surface area contributed by atoms with Gasteiger partial charge in [0.15, 0.2) is 11.5 Å². The van der Waals surface area contributed by atoms with Gasteiger partial charge < -0.3 is 20.5 Å². The van der Waals surface area contributed by atoms with Gasteiger partial charge in [-0.25, -0.2) is 0 Å². The van der Waals surface area contributed by atoms with Gasteiger partial charge in [-0.2, -0.15) is 0 Å². The predicted octanol–water partition coefficient (Wildman–Crippen LogP) is 2.27. The van der Waals surface area contributed by atoms with Gasteiger partial charge in [-0.3, -0.25) is 4.79 Å². The lowest BCUT2D eigenvalue weighted by molar-refractivity contribution is -0.0389. The number of carbonyl (C=O) groups excluding carboxylic acids is 1. The van der Waals surface area contributed by atoms with Gasteiger partial charge in [0.05, 0.1) is 13.2 Å². The summed E-state index contributed by atoms with van der Waals surface area (Å²) in [7, 11) is 0. The second-order valence-corrected chi connectivity index (χ2v) is 6.67. The van der Waals surface area contributed by atoms with Crippen molar-refractivity contribution in [2.24, 2.45) is 11.1 Å². The van der Waals surface area contributed by atoms with Crippen LogP contribution < -0.4 is 20.5 Å². The molecule has 126 valence electrons. The first-order valence-electron chi connectivity index (χ1n) is 8.15. The molecule has 1 aromatic carbocycles. The van der Waals surface area contributed by atoms with Crippen LogP contribution in [-0.4, -0.2) is 31.2 Å². The van der Waals surface area contributed by atoms with Gasteiger partial charge in [-0.05, 0) is 37.5 Å². The molecule has 2 fully saturated rings. The van der Waals surface area contributed by atoms with E-state index in [0.29, 0.717) is 24.5 Å². The highest BCUT2D eigenvalue weighted by molar-refractivity contribution is 5.95. The molecule has 0 saturated heterocycles. The molecule has 5 nitrogen and oxygen atoms in total. The van der Waals surface area contributed by atoms with Crippen LogP contribution in [0.25, 0.3) is 0 Å². The van der Waals surface area contributed by atoms with Crippen LogP contribution in [0.15, 0.2) is 18.2 Å². The largest absolute Gasteiger partial charge is 0.490 e. The molecule has 2 saturated carbocycles. The Kier molecular flexibility index (Phi) is 4.43. The van der Waals surface area contributed by atoms with E-state index in [1.54, 1.807) is 12.1 Å².